The van der Waals surface area contributed by atoms with Crippen molar-refractivity contribution >= 4 is 22.5 Å². The van der Waals surface area contributed by atoms with Crippen molar-refractivity contribution in [1.82, 2.24) is 0 Å². The van der Waals surface area contributed by atoms with Crippen molar-refractivity contribution in [3.8, 4) is 0 Å². The van der Waals surface area contributed by atoms with E-state index < -0.39 is 0 Å². The van der Waals surface area contributed by atoms with Crippen molar-refractivity contribution in [3.63, 3.8) is 0 Å². The van der Waals surface area contributed by atoms with Crippen LogP contribution in [0.1, 0.15) is 45.4 Å². The molecule has 0 bridgehead atoms. The van der Waals surface area contributed by atoms with E-state index in [2.05, 4.69) is 6.92 Å². The molecule has 77 valence electrons. The van der Waals surface area contributed by atoms with E-state index in [0.29, 0.717) is 0 Å². The van der Waals surface area contributed by atoms with Gasteiger partial charge in [0.1, 0.15) is 0 Å². The van der Waals surface area contributed by atoms with Gasteiger partial charge in [0.25, 0.3) is 0 Å². The average Bonchev–Trinajstić information content (AvgIpc) is 1.89. The summed E-state index contributed by atoms with van der Waals surface area (Å²) in [6.45, 7) is 2.27. The topological polar surface area (TPSA) is 94.5 Å². The Morgan fingerprint density at radius 2 is 1.17 bits per heavy atom. The predicted octanol–water partition coefficient (Wildman–Crippen LogP) is 0.460. The molecule has 0 heterocycles. The van der Waals surface area contributed by atoms with Gasteiger partial charge in [-0.25, -0.2) is 0 Å². The molecule has 12 heavy (non-hydrogen) atoms. The van der Waals surface area contributed by atoms with E-state index >= 15 is 0 Å². The van der Waals surface area contributed by atoms with Crippen molar-refractivity contribution in [2.45, 2.75) is 49.9 Å². The van der Waals surface area contributed by atoms with Gasteiger partial charge in [-0.15, -0.1) is 0 Å². The third-order valence-corrected chi connectivity index (χ3v) is 2.54. The molecule has 0 aromatic rings. The molecular formula is C8H23O3Sn. The van der Waals surface area contributed by atoms with Crippen LogP contribution in [0.3, 0.4) is 0 Å². The number of hydrogen-bond donors (Lipinski definition) is 0. The number of unbranched alkanes of at least 4 members (excludes halogenated alkanes) is 5. The Morgan fingerprint density at radius 1 is 0.750 bits per heavy atom. The van der Waals surface area contributed by atoms with Crippen LogP contribution in [0, 0.1) is 0 Å². The van der Waals surface area contributed by atoms with Crippen LogP contribution in [-0.4, -0.2) is 39.0 Å². The van der Waals surface area contributed by atoms with Crippen molar-refractivity contribution in [1.29, 1.82) is 0 Å². The molecule has 0 saturated heterocycles. The molecular weight excluding hydrogens is 263 g/mol. The SMILES string of the molecule is CCCCCCC[CH2][Sn].O.O.O. The minimum absolute atomic E-state index is 0. The first-order valence-electron chi connectivity index (χ1n) is 4.06. The second kappa shape index (κ2) is 22.6. The van der Waals surface area contributed by atoms with E-state index in [-0.39, 0.29) is 16.4 Å². The molecule has 6 N–H and O–H groups in total. The summed E-state index contributed by atoms with van der Waals surface area (Å²) in [4.78, 5) is 0. The molecule has 0 fully saturated rings. The predicted molar refractivity (Wildman–Crippen MR) is 54.8 cm³/mol. The average molecular weight is 286 g/mol. The Hall–Kier alpha value is 0.679. The second-order valence-corrected chi connectivity index (χ2v) is 3.94. The van der Waals surface area contributed by atoms with Gasteiger partial charge in [0.05, 0.1) is 0 Å². The molecule has 0 aliphatic rings. The van der Waals surface area contributed by atoms with Gasteiger partial charge in [-0.3, -0.25) is 0 Å². The molecule has 0 rings (SSSR count). The zero-order chi connectivity index (χ0) is 6.95. The molecule has 4 heteroatoms. The maximum atomic E-state index is 2.27. The fourth-order valence-electron chi connectivity index (χ4n) is 0.905. The monoisotopic (exact) mass is 287 g/mol. The second-order valence-electron chi connectivity index (χ2n) is 2.52. The van der Waals surface area contributed by atoms with Gasteiger partial charge in [0.2, 0.25) is 0 Å². The molecule has 0 spiro atoms. The first-order chi connectivity index (χ1) is 4.41. The van der Waals surface area contributed by atoms with Crippen molar-refractivity contribution in [2.24, 2.45) is 0 Å². The van der Waals surface area contributed by atoms with Crippen LogP contribution in [0.25, 0.3) is 0 Å². The summed E-state index contributed by atoms with van der Waals surface area (Å²) in [5, 5.41) is 0. The molecule has 0 atom stereocenters. The minimum atomic E-state index is 0. The maximum absolute atomic E-state index is 2.27. The van der Waals surface area contributed by atoms with Crippen molar-refractivity contribution in [3.05, 3.63) is 0 Å². The summed E-state index contributed by atoms with van der Waals surface area (Å²) < 4.78 is 1.46. The molecule has 0 amide bonds. The van der Waals surface area contributed by atoms with Crippen LogP contribution in [0.4, 0.5) is 0 Å². The van der Waals surface area contributed by atoms with Crippen LogP contribution in [-0.2, 0) is 0 Å². The van der Waals surface area contributed by atoms with Crippen LogP contribution in [0.15, 0.2) is 0 Å². The Balaban J connectivity index is -0.000000107. The van der Waals surface area contributed by atoms with Crippen LogP contribution < -0.4 is 0 Å². The van der Waals surface area contributed by atoms with Gasteiger partial charge in [-0.2, -0.15) is 0 Å². The standard InChI is InChI=1S/C8H17.3H2O.Sn/c1-3-5-7-8-6-4-2;;;;/h1,3-8H2,2H3;3*1H2;. The van der Waals surface area contributed by atoms with Crippen LogP contribution in [0.5, 0.6) is 0 Å². The van der Waals surface area contributed by atoms with E-state index in [9.17, 15) is 0 Å². The maximum Gasteiger partial charge on any atom is -0.412 e. The van der Waals surface area contributed by atoms with Crippen LogP contribution >= 0.6 is 0 Å². The van der Waals surface area contributed by atoms with E-state index in [1.807, 2.05) is 0 Å². The summed E-state index contributed by atoms with van der Waals surface area (Å²) in [5.41, 5.74) is 0. The Morgan fingerprint density at radius 3 is 1.58 bits per heavy atom. The number of rotatable bonds is 6. The van der Waals surface area contributed by atoms with E-state index in [0.717, 1.165) is 0 Å². The van der Waals surface area contributed by atoms with Gasteiger partial charge in [-0.05, 0) is 0 Å². The van der Waals surface area contributed by atoms with Crippen molar-refractivity contribution < 1.29 is 16.4 Å². The summed E-state index contributed by atoms with van der Waals surface area (Å²) in [6, 6.07) is 0. The molecule has 0 aromatic carbocycles. The van der Waals surface area contributed by atoms with Crippen LogP contribution in [0.2, 0.25) is 4.44 Å². The quantitative estimate of drug-likeness (QED) is 0.501. The summed E-state index contributed by atoms with van der Waals surface area (Å²) >= 11 is 1.71. The van der Waals surface area contributed by atoms with E-state index in [1.165, 1.54) is 43.0 Å². The Bertz CT molecular complexity index is 47.6. The largest absolute Gasteiger partial charge is 0.412 e. The normalized spacial score (nSPS) is 7.50. The zero-order valence-electron chi connectivity index (χ0n) is 7.95. The number of hydrogen-bond acceptors (Lipinski definition) is 0. The van der Waals surface area contributed by atoms with E-state index in [1.54, 1.807) is 22.5 Å². The Kier molecular flexibility index (Phi) is 43.2. The fourth-order valence-corrected chi connectivity index (χ4v) is 1.62. The summed E-state index contributed by atoms with van der Waals surface area (Å²) in [5.74, 6) is 0. The third kappa shape index (κ3) is 22.4. The molecule has 3 nitrogen and oxygen atoms in total. The van der Waals surface area contributed by atoms with Gasteiger partial charge in [0, 0.05) is 0 Å². The first kappa shape index (κ1) is 23.0. The van der Waals surface area contributed by atoms with Gasteiger partial charge in [0.15, 0.2) is 0 Å². The molecule has 0 aromatic heterocycles. The van der Waals surface area contributed by atoms with Gasteiger partial charge in [-0.1, -0.05) is 0 Å². The molecule has 0 unspecified atom stereocenters. The molecule has 3 radical (unpaired) electrons. The zero-order valence-corrected chi connectivity index (χ0v) is 10.8. The van der Waals surface area contributed by atoms with Gasteiger partial charge >= 0.3 is 72.4 Å². The molecule has 0 aliphatic heterocycles. The minimum Gasteiger partial charge on any atom is -0.412 e. The smallest absolute Gasteiger partial charge is 0.412 e. The summed E-state index contributed by atoms with van der Waals surface area (Å²) in [6.07, 6.45) is 8.71. The Labute approximate surface area is 88.9 Å². The van der Waals surface area contributed by atoms with Crippen molar-refractivity contribution in [2.75, 3.05) is 0 Å². The summed E-state index contributed by atoms with van der Waals surface area (Å²) in [7, 11) is 0. The molecule has 0 saturated carbocycles. The van der Waals surface area contributed by atoms with E-state index in [4.69, 9.17) is 0 Å². The molecule has 0 aliphatic carbocycles. The fraction of sp³-hybridized carbons (Fsp3) is 1.00. The third-order valence-electron chi connectivity index (χ3n) is 1.53. The first-order valence-corrected chi connectivity index (χ1v) is 6.08. The van der Waals surface area contributed by atoms with Gasteiger partial charge < -0.3 is 16.4 Å².